The summed E-state index contributed by atoms with van der Waals surface area (Å²) in [5.41, 5.74) is 4.75. The van der Waals surface area contributed by atoms with Crippen LogP contribution >= 0.6 is 15.9 Å². The molecule has 5 heteroatoms. The molecule has 1 amide bonds. The molecule has 4 nitrogen and oxygen atoms in total. The molecule has 0 aliphatic heterocycles. The molecule has 2 aromatic rings. The highest BCUT2D eigenvalue weighted by Crippen LogP contribution is 2.26. The number of aryl methyl sites for hydroxylation is 4. The van der Waals surface area contributed by atoms with Crippen LogP contribution in [0.2, 0.25) is 0 Å². The average Bonchev–Trinajstić information content (AvgIpc) is 2.49. The minimum absolute atomic E-state index is 0.00575. The second-order valence-electron chi connectivity index (χ2n) is 5.56. The number of benzene rings is 1. The maximum Gasteiger partial charge on any atom is 0.224 e. The van der Waals surface area contributed by atoms with Gasteiger partial charge in [-0.25, -0.2) is 0 Å². The van der Waals surface area contributed by atoms with Crippen LogP contribution in [0.4, 0.5) is 5.69 Å². The number of nitrogens with one attached hydrogen (secondary N) is 1. The zero-order chi connectivity index (χ0) is 17.0. The number of carbonyl (C=O) groups excluding carboxylic acids is 1. The molecule has 0 saturated heterocycles. The molecule has 2 rings (SSSR count). The molecule has 23 heavy (non-hydrogen) atoms. The Morgan fingerprint density at radius 3 is 2.61 bits per heavy atom. The molecule has 1 aromatic heterocycles. The number of anilines is 1. The van der Waals surface area contributed by atoms with E-state index in [1.54, 1.807) is 7.11 Å². The first-order valence-electron chi connectivity index (χ1n) is 7.48. The number of carbonyl (C=O) groups is 1. The summed E-state index contributed by atoms with van der Waals surface area (Å²) in [4.78, 5) is 16.6. The molecular formula is C18H21BrN2O2. The van der Waals surface area contributed by atoms with Gasteiger partial charge in [-0.15, -0.1) is 0 Å². The lowest BCUT2D eigenvalue weighted by Gasteiger charge is -2.12. The molecule has 1 N–H and O–H groups in total. The van der Waals surface area contributed by atoms with Crippen molar-refractivity contribution in [2.75, 3.05) is 12.4 Å². The molecule has 1 heterocycles. The fourth-order valence-corrected chi connectivity index (χ4v) is 3.13. The Kier molecular flexibility index (Phi) is 5.77. The zero-order valence-electron chi connectivity index (χ0n) is 13.9. The van der Waals surface area contributed by atoms with Crippen LogP contribution in [-0.4, -0.2) is 18.0 Å². The lowest BCUT2D eigenvalue weighted by molar-refractivity contribution is -0.116. The second kappa shape index (κ2) is 7.59. The molecule has 0 bridgehead atoms. The standard InChI is InChI=1S/C18H21BrN2O2/c1-11-9-12(2)20-13(3)18(11)21-17(22)8-6-14-5-7-16(23-4)15(19)10-14/h5,7,9-10H,6,8H2,1-4H3,(H,21,22). The third-order valence-electron chi connectivity index (χ3n) is 3.65. The first-order valence-corrected chi connectivity index (χ1v) is 8.27. The molecule has 0 aliphatic carbocycles. The van der Waals surface area contributed by atoms with Crippen LogP contribution in [-0.2, 0) is 11.2 Å². The van der Waals surface area contributed by atoms with Gasteiger partial charge in [0.25, 0.3) is 0 Å². The van der Waals surface area contributed by atoms with Crippen molar-refractivity contribution in [3.8, 4) is 5.75 Å². The van der Waals surface area contributed by atoms with Gasteiger partial charge < -0.3 is 10.1 Å². The van der Waals surface area contributed by atoms with E-state index in [-0.39, 0.29) is 5.91 Å². The highest BCUT2D eigenvalue weighted by Gasteiger charge is 2.10. The molecule has 122 valence electrons. The molecular weight excluding hydrogens is 356 g/mol. The Morgan fingerprint density at radius 1 is 1.26 bits per heavy atom. The summed E-state index contributed by atoms with van der Waals surface area (Å²) in [7, 11) is 1.63. The van der Waals surface area contributed by atoms with E-state index >= 15 is 0 Å². The normalized spacial score (nSPS) is 10.5. The maximum absolute atomic E-state index is 12.2. The molecule has 0 aliphatic rings. The first kappa shape index (κ1) is 17.5. The van der Waals surface area contributed by atoms with Gasteiger partial charge in [0.2, 0.25) is 5.91 Å². The Balaban J connectivity index is 1.99. The summed E-state index contributed by atoms with van der Waals surface area (Å²) in [6, 6.07) is 7.83. The van der Waals surface area contributed by atoms with Gasteiger partial charge in [0, 0.05) is 12.1 Å². The van der Waals surface area contributed by atoms with Crippen molar-refractivity contribution < 1.29 is 9.53 Å². The van der Waals surface area contributed by atoms with E-state index in [0.717, 1.165) is 38.4 Å². The Hall–Kier alpha value is -1.88. The quantitative estimate of drug-likeness (QED) is 0.843. The fourth-order valence-electron chi connectivity index (χ4n) is 2.54. The van der Waals surface area contributed by atoms with Gasteiger partial charge in [-0.1, -0.05) is 6.07 Å². The van der Waals surface area contributed by atoms with Crippen LogP contribution in [0.3, 0.4) is 0 Å². The minimum atomic E-state index is -0.00575. The van der Waals surface area contributed by atoms with Crippen LogP contribution in [0.5, 0.6) is 5.75 Å². The van der Waals surface area contributed by atoms with Crippen molar-refractivity contribution in [3.05, 3.63) is 51.3 Å². The Labute approximate surface area is 145 Å². The summed E-state index contributed by atoms with van der Waals surface area (Å²) < 4.78 is 6.10. The van der Waals surface area contributed by atoms with Gasteiger partial charge in [-0.3, -0.25) is 9.78 Å². The summed E-state index contributed by atoms with van der Waals surface area (Å²) >= 11 is 3.46. The summed E-state index contributed by atoms with van der Waals surface area (Å²) in [6.45, 7) is 5.85. The van der Waals surface area contributed by atoms with E-state index in [9.17, 15) is 4.79 Å². The number of pyridine rings is 1. The number of rotatable bonds is 5. The number of methoxy groups -OCH3 is 1. The smallest absolute Gasteiger partial charge is 0.224 e. The molecule has 0 spiro atoms. The first-order chi connectivity index (χ1) is 10.9. The predicted molar refractivity (Wildman–Crippen MR) is 96.1 cm³/mol. The third kappa shape index (κ3) is 4.55. The number of nitrogens with zero attached hydrogens (tertiary/aromatic N) is 1. The lowest BCUT2D eigenvalue weighted by Crippen LogP contribution is -2.15. The fraction of sp³-hybridized carbons (Fsp3) is 0.333. The lowest BCUT2D eigenvalue weighted by atomic mass is 10.1. The average molecular weight is 377 g/mol. The summed E-state index contributed by atoms with van der Waals surface area (Å²) in [5, 5.41) is 2.98. The Bertz CT molecular complexity index is 706. The summed E-state index contributed by atoms with van der Waals surface area (Å²) in [5.74, 6) is 0.781. The van der Waals surface area contributed by atoms with Gasteiger partial charge in [0.1, 0.15) is 5.75 Å². The maximum atomic E-state index is 12.2. The number of hydrogen-bond acceptors (Lipinski definition) is 3. The second-order valence-corrected chi connectivity index (χ2v) is 6.41. The van der Waals surface area contributed by atoms with E-state index in [2.05, 4.69) is 26.2 Å². The molecule has 0 unspecified atom stereocenters. The predicted octanol–water partition coefficient (Wildman–Crippen LogP) is 4.35. The van der Waals surface area contributed by atoms with Gasteiger partial charge in [-0.05, 0) is 72.4 Å². The van der Waals surface area contributed by atoms with Crippen molar-refractivity contribution in [2.24, 2.45) is 0 Å². The Morgan fingerprint density at radius 2 is 2.00 bits per heavy atom. The number of amides is 1. The van der Waals surface area contributed by atoms with Crippen molar-refractivity contribution in [1.29, 1.82) is 0 Å². The van der Waals surface area contributed by atoms with Crippen molar-refractivity contribution in [2.45, 2.75) is 33.6 Å². The molecule has 0 atom stereocenters. The molecule has 0 fully saturated rings. The van der Waals surface area contributed by atoms with Gasteiger partial charge in [-0.2, -0.15) is 0 Å². The SMILES string of the molecule is COc1ccc(CCC(=O)Nc2c(C)cc(C)nc2C)cc1Br. The zero-order valence-corrected chi connectivity index (χ0v) is 15.5. The van der Waals surface area contributed by atoms with Crippen LogP contribution in [0.1, 0.15) is 28.9 Å². The van der Waals surface area contributed by atoms with Crippen molar-refractivity contribution in [3.63, 3.8) is 0 Å². The van der Waals surface area contributed by atoms with E-state index in [1.807, 2.05) is 45.0 Å². The molecule has 0 saturated carbocycles. The number of aromatic nitrogens is 1. The van der Waals surface area contributed by atoms with Crippen LogP contribution < -0.4 is 10.1 Å². The van der Waals surface area contributed by atoms with Gasteiger partial charge >= 0.3 is 0 Å². The highest BCUT2D eigenvalue weighted by molar-refractivity contribution is 9.10. The third-order valence-corrected chi connectivity index (χ3v) is 4.27. The van der Waals surface area contributed by atoms with Gasteiger partial charge in [0.15, 0.2) is 0 Å². The van der Waals surface area contributed by atoms with E-state index in [1.165, 1.54) is 0 Å². The highest BCUT2D eigenvalue weighted by atomic mass is 79.9. The molecule has 0 radical (unpaired) electrons. The van der Waals surface area contributed by atoms with Crippen LogP contribution in [0.15, 0.2) is 28.7 Å². The monoisotopic (exact) mass is 376 g/mol. The van der Waals surface area contributed by atoms with Crippen LogP contribution in [0.25, 0.3) is 0 Å². The van der Waals surface area contributed by atoms with Crippen molar-refractivity contribution >= 4 is 27.5 Å². The summed E-state index contributed by atoms with van der Waals surface area (Å²) in [6.07, 6.45) is 1.09. The number of halogens is 1. The minimum Gasteiger partial charge on any atom is -0.496 e. The largest absolute Gasteiger partial charge is 0.496 e. The van der Waals surface area contributed by atoms with Gasteiger partial charge in [0.05, 0.1) is 23.0 Å². The molecule has 1 aromatic carbocycles. The number of ether oxygens (including phenoxy) is 1. The van der Waals surface area contributed by atoms with E-state index in [4.69, 9.17) is 4.74 Å². The topological polar surface area (TPSA) is 51.2 Å². The number of hydrogen-bond donors (Lipinski definition) is 1. The van der Waals surface area contributed by atoms with Crippen LogP contribution in [0, 0.1) is 20.8 Å². The van der Waals surface area contributed by atoms with E-state index in [0.29, 0.717) is 12.8 Å². The van der Waals surface area contributed by atoms with E-state index < -0.39 is 0 Å². The van der Waals surface area contributed by atoms with Crippen molar-refractivity contribution in [1.82, 2.24) is 4.98 Å².